The molecule has 3 aliphatic rings. The van der Waals surface area contributed by atoms with E-state index in [0.29, 0.717) is 13.1 Å². The molecule has 0 spiro atoms. The van der Waals surface area contributed by atoms with Crippen molar-refractivity contribution in [1.29, 1.82) is 0 Å². The van der Waals surface area contributed by atoms with Crippen LogP contribution in [-0.2, 0) is 16.1 Å². The molecule has 1 aromatic heterocycles. The van der Waals surface area contributed by atoms with E-state index in [1.165, 1.54) is 12.1 Å². The average molecular weight is 437 g/mol. The molecule has 0 radical (unpaired) electrons. The first-order valence-electron chi connectivity index (χ1n) is 11.5. The van der Waals surface area contributed by atoms with Crippen LogP contribution in [0.2, 0.25) is 0 Å². The first-order chi connectivity index (χ1) is 15.5. The van der Waals surface area contributed by atoms with Crippen molar-refractivity contribution in [3.63, 3.8) is 0 Å². The van der Waals surface area contributed by atoms with Gasteiger partial charge in [-0.15, -0.1) is 0 Å². The summed E-state index contributed by atoms with van der Waals surface area (Å²) < 4.78 is 2.12. The van der Waals surface area contributed by atoms with Gasteiger partial charge < -0.3 is 14.4 Å². The van der Waals surface area contributed by atoms with Crippen molar-refractivity contribution in [2.75, 3.05) is 13.1 Å². The molecule has 168 valence electrons. The first-order valence-corrected chi connectivity index (χ1v) is 11.5. The number of non-ortho nitro benzene ring substituents is 1. The minimum Gasteiger partial charge on any atom is -0.348 e. The van der Waals surface area contributed by atoms with Crippen LogP contribution >= 0.6 is 0 Å². The number of benzene rings is 1. The Labute approximate surface area is 186 Å². The summed E-state index contributed by atoms with van der Waals surface area (Å²) in [7, 11) is 0. The molecule has 0 N–H and O–H groups in total. The van der Waals surface area contributed by atoms with Gasteiger partial charge >= 0.3 is 0 Å². The van der Waals surface area contributed by atoms with Crippen LogP contribution in [0.3, 0.4) is 0 Å². The Morgan fingerprint density at radius 2 is 1.75 bits per heavy atom. The zero-order chi connectivity index (χ0) is 22.2. The smallest absolute Gasteiger partial charge is 0.269 e. The van der Waals surface area contributed by atoms with Gasteiger partial charge in [0.05, 0.1) is 11.0 Å². The number of hydrogen-bond donors (Lipinski definition) is 0. The second-order valence-corrected chi connectivity index (χ2v) is 9.14. The summed E-state index contributed by atoms with van der Waals surface area (Å²) in [6.07, 6.45) is 7.98. The van der Waals surface area contributed by atoms with Crippen molar-refractivity contribution in [2.24, 2.45) is 5.92 Å². The maximum Gasteiger partial charge on any atom is 0.269 e. The number of nitro benzene ring substituents is 1. The predicted molar refractivity (Wildman–Crippen MR) is 118 cm³/mol. The van der Waals surface area contributed by atoms with Crippen molar-refractivity contribution >= 4 is 17.5 Å². The van der Waals surface area contributed by atoms with Crippen molar-refractivity contribution in [3.05, 3.63) is 64.0 Å². The molecule has 8 nitrogen and oxygen atoms in total. The van der Waals surface area contributed by atoms with Gasteiger partial charge in [-0.1, -0.05) is 12.8 Å². The van der Waals surface area contributed by atoms with E-state index in [0.717, 1.165) is 49.8 Å². The Kier molecular flexibility index (Phi) is 5.45. The Balaban J connectivity index is 1.40. The van der Waals surface area contributed by atoms with Gasteiger partial charge in [0.2, 0.25) is 11.8 Å². The van der Waals surface area contributed by atoms with Gasteiger partial charge in [0.1, 0.15) is 6.54 Å². The highest BCUT2D eigenvalue weighted by Crippen LogP contribution is 2.36. The Morgan fingerprint density at radius 3 is 2.41 bits per heavy atom. The average Bonchev–Trinajstić information content (AvgIpc) is 3.28. The molecule has 2 aliphatic carbocycles. The molecule has 2 aromatic rings. The summed E-state index contributed by atoms with van der Waals surface area (Å²) in [6, 6.07) is 10.3. The summed E-state index contributed by atoms with van der Waals surface area (Å²) in [5.41, 5.74) is 1.85. The third-order valence-electron chi connectivity index (χ3n) is 7.06. The third kappa shape index (κ3) is 3.89. The molecule has 0 saturated heterocycles. The maximum atomic E-state index is 13.6. The lowest BCUT2D eigenvalue weighted by Crippen LogP contribution is -2.49. The highest BCUT2D eigenvalue weighted by atomic mass is 16.6. The van der Waals surface area contributed by atoms with Gasteiger partial charge in [-0.2, -0.15) is 0 Å². The lowest BCUT2D eigenvalue weighted by atomic mass is 9.99. The normalized spacial score (nSPS) is 20.8. The number of nitro groups is 1. The van der Waals surface area contributed by atoms with Gasteiger partial charge in [0.25, 0.3) is 5.69 Å². The minimum atomic E-state index is -0.418. The number of hydrogen-bond acceptors (Lipinski definition) is 4. The molecule has 32 heavy (non-hydrogen) atoms. The number of fused-ring (bicyclic) bond motifs is 1. The SMILES string of the molecule is O=C(C1CCCC1)N(CC(=O)N1CCn2cccc2C1c1ccc([N+](=O)[O-])cc1)C1CC1. The largest absolute Gasteiger partial charge is 0.348 e. The van der Waals surface area contributed by atoms with Crippen LogP contribution in [0.1, 0.15) is 55.8 Å². The van der Waals surface area contributed by atoms with Crippen LogP contribution in [-0.4, -0.2) is 50.2 Å². The van der Waals surface area contributed by atoms with E-state index in [4.69, 9.17) is 0 Å². The summed E-state index contributed by atoms with van der Waals surface area (Å²) in [5.74, 6) is 0.150. The van der Waals surface area contributed by atoms with Crippen LogP contribution in [0.15, 0.2) is 42.6 Å². The number of carbonyl (C=O) groups excluding carboxylic acids is 2. The third-order valence-corrected chi connectivity index (χ3v) is 7.06. The number of nitrogens with zero attached hydrogens (tertiary/aromatic N) is 4. The van der Waals surface area contributed by atoms with Gasteiger partial charge in [-0.05, 0) is 55.5 Å². The maximum absolute atomic E-state index is 13.6. The van der Waals surface area contributed by atoms with Crippen molar-refractivity contribution in [2.45, 2.75) is 57.2 Å². The highest BCUT2D eigenvalue weighted by Gasteiger charge is 2.40. The van der Waals surface area contributed by atoms with Gasteiger partial charge in [0, 0.05) is 49.1 Å². The molecule has 1 atom stereocenters. The second kappa shape index (κ2) is 8.41. The Morgan fingerprint density at radius 1 is 1.03 bits per heavy atom. The lowest BCUT2D eigenvalue weighted by Gasteiger charge is -2.38. The minimum absolute atomic E-state index is 0.0277. The molecular weight excluding hydrogens is 408 g/mol. The molecule has 1 aromatic carbocycles. The zero-order valence-electron chi connectivity index (χ0n) is 18.1. The lowest BCUT2D eigenvalue weighted by molar-refractivity contribution is -0.384. The predicted octanol–water partition coefficient (Wildman–Crippen LogP) is 3.51. The van der Waals surface area contributed by atoms with E-state index in [2.05, 4.69) is 4.57 Å². The summed E-state index contributed by atoms with van der Waals surface area (Å²) in [5, 5.41) is 11.1. The van der Waals surface area contributed by atoms with Gasteiger partial charge in [-0.25, -0.2) is 0 Å². The van der Waals surface area contributed by atoms with Crippen LogP contribution in [0.4, 0.5) is 5.69 Å². The topological polar surface area (TPSA) is 88.7 Å². The van der Waals surface area contributed by atoms with Gasteiger partial charge in [0.15, 0.2) is 0 Å². The van der Waals surface area contributed by atoms with Crippen molar-refractivity contribution in [3.8, 4) is 0 Å². The Bertz CT molecular complexity index is 1020. The Hall–Kier alpha value is -3.16. The standard InChI is InChI=1S/C24H28N4O4/c29-22(16-27(19-11-12-19)24(30)18-4-1-2-5-18)26-15-14-25-13-3-6-21(25)23(26)17-7-9-20(10-8-17)28(31)32/h3,6-10,13,18-19,23H,1-2,4-5,11-12,14-16H2. The van der Waals surface area contributed by atoms with Crippen LogP contribution in [0.25, 0.3) is 0 Å². The van der Waals surface area contributed by atoms with Crippen LogP contribution in [0, 0.1) is 16.0 Å². The quantitative estimate of drug-likeness (QED) is 0.512. The monoisotopic (exact) mass is 436 g/mol. The summed E-state index contributed by atoms with van der Waals surface area (Å²) >= 11 is 0. The first kappa shape index (κ1) is 20.7. The zero-order valence-corrected chi connectivity index (χ0v) is 18.1. The molecule has 0 bridgehead atoms. The van der Waals surface area contributed by atoms with Gasteiger partial charge in [-0.3, -0.25) is 19.7 Å². The number of carbonyl (C=O) groups is 2. The summed E-state index contributed by atoms with van der Waals surface area (Å²) in [4.78, 5) is 41.0. The fourth-order valence-corrected chi connectivity index (χ4v) is 5.20. The fourth-order valence-electron chi connectivity index (χ4n) is 5.20. The van der Waals surface area contributed by atoms with Crippen LogP contribution in [0.5, 0.6) is 0 Å². The molecule has 2 saturated carbocycles. The highest BCUT2D eigenvalue weighted by molar-refractivity contribution is 5.87. The molecule has 8 heteroatoms. The molecule has 2 fully saturated rings. The van der Waals surface area contributed by atoms with E-state index < -0.39 is 4.92 Å². The molecule has 2 amide bonds. The van der Waals surface area contributed by atoms with E-state index >= 15 is 0 Å². The molecule has 5 rings (SSSR count). The van der Waals surface area contributed by atoms with E-state index in [1.807, 2.05) is 28.1 Å². The van der Waals surface area contributed by atoms with Crippen molar-refractivity contribution in [1.82, 2.24) is 14.4 Å². The summed E-state index contributed by atoms with van der Waals surface area (Å²) in [6.45, 7) is 1.35. The van der Waals surface area contributed by atoms with E-state index in [9.17, 15) is 19.7 Å². The number of rotatable bonds is 6. The molecule has 2 heterocycles. The number of amides is 2. The molecular formula is C24H28N4O4. The van der Waals surface area contributed by atoms with Crippen LogP contribution < -0.4 is 0 Å². The fraction of sp³-hybridized carbons (Fsp3) is 0.500. The van der Waals surface area contributed by atoms with E-state index in [1.54, 1.807) is 12.1 Å². The second-order valence-electron chi connectivity index (χ2n) is 9.14. The number of aromatic nitrogens is 1. The van der Waals surface area contributed by atoms with Crippen molar-refractivity contribution < 1.29 is 14.5 Å². The van der Waals surface area contributed by atoms with E-state index in [-0.39, 0.29) is 42.0 Å². The molecule has 1 aliphatic heterocycles. The molecule has 1 unspecified atom stereocenters.